The van der Waals surface area contributed by atoms with Crippen molar-refractivity contribution in [2.75, 3.05) is 13.2 Å². The number of ether oxygens (including phenoxy) is 1. The van der Waals surface area contributed by atoms with Crippen LogP contribution in [0.4, 0.5) is 0 Å². The zero-order valence-corrected chi connectivity index (χ0v) is 43.9. The van der Waals surface area contributed by atoms with Crippen LogP contribution in [0.2, 0.25) is 0 Å². The lowest BCUT2D eigenvalue weighted by molar-refractivity contribution is -0.143. The lowest BCUT2D eigenvalue weighted by Gasteiger charge is -2.22. The van der Waals surface area contributed by atoms with Gasteiger partial charge in [-0.3, -0.25) is 9.59 Å². The molecule has 0 fully saturated rings. The second kappa shape index (κ2) is 55.4. The number of nitrogens with one attached hydrogen (secondary N) is 1. The van der Waals surface area contributed by atoms with Gasteiger partial charge in [-0.1, -0.05) is 249 Å². The molecule has 0 aliphatic rings. The highest BCUT2D eigenvalue weighted by molar-refractivity contribution is 5.76. The molecule has 0 rings (SSSR count). The van der Waals surface area contributed by atoms with Crippen LogP contribution in [0.3, 0.4) is 0 Å². The van der Waals surface area contributed by atoms with E-state index in [0.29, 0.717) is 25.9 Å². The largest absolute Gasteiger partial charge is 0.466 e. The first-order chi connectivity index (χ1) is 32.5. The summed E-state index contributed by atoms with van der Waals surface area (Å²) in [4.78, 5) is 24.4. The van der Waals surface area contributed by atoms with Crippen LogP contribution in [0, 0.1) is 0 Å². The van der Waals surface area contributed by atoms with Crippen LogP contribution in [-0.2, 0) is 14.3 Å². The molecule has 6 nitrogen and oxygen atoms in total. The van der Waals surface area contributed by atoms with Crippen molar-refractivity contribution in [3.05, 3.63) is 48.6 Å². The Balaban J connectivity index is 3.43. The van der Waals surface area contributed by atoms with E-state index in [0.717, 1.165) is 57.8 Å². The average molecular weight is 927 g/mol. The van der Waals surface area contributed by atoms with Crippen LogP contribution in [0.15, 0.2) is 48.6 Å². The Morgan fingerprint density at radius 2 is 0.788 bits per heavy atom. The third-order valence-corrected chi connectivity index (χ3v) is 13.1. The Morgan fingerprint density at radius 3 is 1.21 bits per heavy atom. The average Bonchev–Trinajstić information content (AvgIpc) is 3.32. The summed E-state index contributed by atoms with van der Waals surface area (Å²) in [6, 6.07) is -0.545. The first kappa shape index (κ1) is 63.8. The van der Waals surface area contributed by atoms with Crippen molar-refractivity contribution < 1.29 is 24.5 Å². The fraction of sp³-hybridized carbons (Fsp3) is 0.833. The fourth-order valence-corrected chi connectivity index (χ4v) is 8.65. The Morgan fingerprint density at radius 1 is 0.424 bits per heavy atom. The number of rotatable bonds is 53. The molecule has 0 spiro atoms. The zero-order valence-electron chi connectivity index (χ0n) is 43.9. The molecule has 0 saturated carbocycles. The Kier molecular flexibility index (Phi) is 53.6. The molecule has 0 aliphatic heterocycles. The van der Waals surface area contributed by atoms with E-state index >= 15 is 0 Å². The number of unbranched alkanes of at least 4 members (excludes halogenated alkanes) is 34. The number of hydrogen-bond donors (Lipinski definition) is 3. The molecule has 386 valence electrons. The summed E-state index contributed by atoms with van der Waals surface area (Å²) in [5.74, 6) is -0.0497. The summed E-state index contributed by atoms with van der Waals surface area (Å²) in [5.41, 5.74) is 0. The molecular weight excluding hydrogens is 815 g/mol. The molecule has 0 saturated heterocycles. The minimum Gasteiger partial charge on any atom is -0.466 e. The van der Waals surface area contributed by atoms with Crippen LogP contribution in [0.25, 0.3) is 0 Å². The van der Waals surface area contributed by atoms with Crippen molar-refractivity contribution in [1.82, 2.24) is 5.32 Å². The SMILES string of the molecule is CCC/C=C\C/C=C\CCCCCCCC(=O)OCCCCCCCCCCC/C=C\C/C=C\CCCCCCCCCCCC(=O)NC(CO)C(O)CCCCCCCCCCCCC. The van der Waals surface area contributed by atoms with E-state index in [-0.39, 0.29) is 18.5 Å². The number of amides is 1. The van der Waals surface area contributed by atoms with Crippen LogP contribution in [-0.4, -0.2) is 47.4 Å². The van der Waals surface area contributed by atoms with Gasteiger partial charge in [-0.05, 0) is 83.5 Å². The fourth-order valence-electron chi connectivity index (χ4n) is 8.65. The van der Waals surface area contributed by atoms with Gasteiger partial charge < -0.3 is 20.3 Å². The van der Waals surface area contributed by atoms with Crippen LogP contribution >= 0.6 is 0 Å². The number of esters is 1. The first-order valence-electron chi connectivity index (χ1n) is 28.9. The highest BCUT2D eigenvalue weighted by Crippen LogP contribution is 2.16. The molecule has 0 aromatic carbocycles. The minimum absolute atomic E-state index is 0.00701. The van der Waals surface area contributed by atoms with Crippen LogP contribution < -0.4 is 5.32 Å². The smallest absolute Gasteiger partial charge is 0.305 e. The third kappa shape index (κ3) is 51.2. The standard InChI is InChI=1S/C60H111NO5/c1-3-5-7-9-11-13-15-29-34-38-42-46-50-54-60(65)66-55-51-47-43-39-35-31-28-26-24-22-20-18-16-17-19-21-23-25-27-30-33-37-41-45-49-53-59(64)61-57(56-62)58(63)52-48-44-40-36-32-14-12-10-8-6-4-2/h7,9,13,15,17-20,57-58,62-63H,3-6,8,10-12,14,16,21-56H2,1-2H3,(H,61,64)/b9-7-,15-13-,19-17-,20-18-. The molecule has 1 amide bonds. The highest BCUT2D eigenvalue weighted by atomic mass is 16.5. The molecule has 6 heteroatoms. The Hall–Kier alpha value is -2.18. The van der Waals surface area contributed by atoms with Crippen molar-refractivity contribution in [1.29, 1.82) is 0 Å². The van der Waals surface area contributed by atoms with E-state index in [2.05, 4.69) is 67.8 Å². The van der Waals surface area contributed by atoms with E-state index < -0.39 is 12.1 Å². The quantitative estimate of drug-likeness (QED) is 0.0321. The van der Waals surface area contributed by atoms with Crippen molar-refractivity contribution in [3.63, 3.8) is 0 Å². The Labute approximate surface area is 410 Å². The van der Waals surface area contributed by atoms with E-state index in [4.69, 9.17) is 4.74 Å². The number of carbonyl (C=O) groups excluding carboxylic acids is 2. The molecule has 2 unspecified atom stereocenters. The highest BCUT2D eigenvalue weighted by Gasteiger charge is 2.20. The van der Waals surface area contributed by atoms with Crippen molar-refractivity contribution in [2.24, 2.45) is 0 Å². The predicted molar refractivity (Wildman–Crippen MR) is 287 cm³/mol. The van der Waals surface area contributed by atoms with Crippen LogP contribution in [0.5, 0.6) is 0 Å². The number of aliphatic hydroxyl groups is 2. The summed E-state index contributed by atoms with van der Waals surface area (Å²) in [5, 5.41) is 23.2. The normalized spacial score (nSPS) is 13.0. The van der Waals surface area contributed by atoms with Gasteiger partial charge in [0.05, 0.1) is 25.4 Å². The molecule has 0 aliphatic carbocycles. The minimum atomic E-state index is -0.667. The molecule has 0 heterocycles. The number of hydrogen-bond acceptors (Lipinski definition) is 5. The van der Waals surface area contributed by atoms with Gasteiger partial charge in [-0.25, -0.2) is 0 Å². The summed E-state index contributed by atoms with van der Waals surface area (Å²) in [6.07, 6.45) is 69.7. The second-order valence-corrected chi connectivity index (χ2v) is 19.6. The molecule has 0 aromatic rings. The Bertz CT molecular complexity index is 1110. The van der Waals surface area contributed by atoms with Crippen LogP contribution in [0.1, 0.15) is 296 Å². The molecule has 66 heavy (non-hydrogen) atoms. The van der Waals surface area contributed by atoms with Crippen molar-refractivity contribution in [3.8, 4) is 0 Å². The lowest BCUT2D eigenvalue weighted by atomic mass is 10.0. The molecule has 0 radical (unpaired) electrons. The molecular formula is C60H111NO5. The van der Waals surface area contributed by atoms with E-state index in [1.807, 2.05) is 0 Å². The second-order valence-electron chi connectivity index (χ2n) is 19.6. The molecule has 2 atom stereocenters. The summed E-state index contributed by atoms with van der Waals surface area (Å²) in [7, 11) is 0. The van der Waals surface area contributed by atoms with Gasteiger partial charge in [0.2, 0.25) is 5.91 Å². The van der Waals surface area contributed by atoms with E-state index in [1.165, 1.54) is 205 Å². The number of carbonyl (C=O) groups is 2. The topological polar surface area (TPSA) is 95.9 Å². The maximum absolute atomic E-state index is 12.4. The molecule has 0 bridgehead atoms. The molecule has 3 N–H and O–H groups in total. The van der Waals surface area contributed by atoms with Gasteiger partial charge in [0.15, 0.2) is 0 Å². The van der Waals surface area contributed by atoms with Gasteiger partial charge in [-0.2, -0.15) is 0 Å². The van der Waals surface area contributed by atoms with Gasteiger partial charge in [0, 0.05) is 12.8 Å². The van der Waals surface area contributed by atoms with Gasteiger partial charge in [0.25, 0.3) is 0 Å². The number of aliphatic hydroxyl groups excluding tert-OH is 2. The maximum Gasteiger partial charge on any atom is 0.305 e. The summed E-state index contributed by atoms with van der Waals surface area (Å²) < 4.78 is 5.46. The van der Waals surface area contributed by atoms with E-state index in [1.54, 1.807) is 0 Å². The third-order valence-electron chi connectivity index (χ3n) is 13.1. The van der Waals surface area contributed by atoms with Crippen molar-refractivity contribution in [2.45, 2.75) is 309 Å². The van der Waals surface area contributed by atoms with Gasteiger partial charge in [-0.15, -0.1) is 0 Å². The summed E-state index contributed by atoms with van der Waals surface area (Å²) >= 11 is 0. The first-order valence-corrected chi connectivity index (χ1v) is 28.9. The van der Waals surface area contributed by atoms with Gasteiger partial charge >= 0.3 is 5.97 Å². The molecule has 0 aromatic heterocycles. The maximum atomic E-state index is 12.4. The van der Waals surface area contributed by atoms with Crippen molar-refractivity contribution >= 4 is 11.9 Å². The predicted octanol–water partition coefficient (Wildman–Crippen LogP) is 17.8. The zero-order chi connectivity index (χ0) is 47.9. The van der Waals surface area contributed by atoms with E-state index in [9.17, 15) is 19.8 Å². The van der Waals surface area contributed by atoms with Gasteiger partial charge in [0.1, 0.15) is 0 Å². The lowest BCUT2D eigenvalue weighted by Crippen LogP contribution is -2.45. The monoisotopic (exact) mass is 926 g/mol. The number of allylic oxidation sites excluding steroid dienone is 8. The summed E-state index contributed by atoms with van der Waals surface area (Å²) in [6.45, 7) is 4.86.